The molecule has 0 aliphatic rings. The molecule has 0 aliphatic heterocycles. The van der Waals surface area contributed by atoms with Crippen molar-refractivity contribution in [2.24, 2.45) is 0 Å². The van der Waals surface area contributed by atoms with Gasteiger partial charge in [-0.15, -0.1) is 0 Å². The number of benzene rings is 1. The average molecular weight is 347 g/mol. The standard InChI is InChI=1S/C10H5Br2NO3/c11-4-1-2-5(12)9-8(4)6(14)3-7(15)10(16)13-9/h1-3,14H,(H,13,15,16). The molecule has 0 atom stereocenters. The molecule has 0 saturated heterocycles. The normalized spacial score (nSPS) is 10.6. The minimum atomic E-state index is -0.785. The van der Waals surface area contributed by atoms with Crippen molar-refractivity contribution in [1.29, 1.82) is 0 Å². The molecule has 0 amide bonds. The van der Waals surface area contributed by atoms with Crippen molar-refractivity contribution in [3.05, 3.63) is 47.7 Å². The summed E-state index contributed by atoms with van der Waals surface area (Å²) in [4.78, 5) is 25.0. The van der Waals surface area contributed by atoms with Crippen molar-refractivity contribution < 1.29 is 5.11 Å². The monoisotopic (exact) mass is 345 g/mol. The van der Waals surface area contributed by atoms with E-state index in [1.807, 2.05) is 0 Å². The molecule has 2 N–H and O–H groups in total. The summed E-state index contributed by atoms with van der Waals surface area (Å²) >= 11 is 6.49. The predicted molar refractivity (Wildman–Crippen MR) is 67.9 cm³/mol. The molecule has 0 fully saturated rings. The molecule has 0 spiro atoms. The number of rotatable bonds is 0. The van der Waals surface area contributed by atoms with Crippen LogP contribution in [0.2, 0.25) is 0 Å². The maximum Gasteiger partial charge on any atom is 0.296 e. The first kappa shape index (κ1) is 11.3. The molecule has 2 rings (SSSR count). The molecule has 4 nitrogen and oxygen atoms in total. The molecular formula is C10H5Br2NO3. The zero-order valence-corrected chi connectivity index (χ0v) is 10.9. The van der Waals surface area contributed by atoms with E-state index >= 15 is 0 Å². The van der Waals surface area contributed by atoms with E-state index in [-0.39, 0.29) is 5.75 Å². The number of halogens is 2. The Morgan fingerprint density at radius 1 is 1.12 bits per heavy atom. The Hall–Kier alpha value is -1.14. The van der Waals surface area contributed by atoms with E-state index in [1.54, 1.807) is 12.1 Å². The SMILES string of the molecule is O=c1cc(O)c2c(Br)ccc(Br)c2[nH]c1=O. The van der Waals surface area contributed by atoms with Gasteiger partial charge in [0.2, 0.25) is 5.43 Å². The summed E-state index contributed by atoms with van der Waals surface area (Å²) in [5.74, 6) is -0.244. The highest BCUT2D eigenvalue weighted by atomic mass is 79.9. The zero-order chi connectivity index (χ0) is 11.9. The molecule has 1 heterocycles. The Balaban J connectivity index is 3.22. The number of aromatic amines is 1. The van der Waals surface area contributed by atoms with Gasteiger partial charge < -0.3 is 10.1 Å². The number of aromatic hydroxyl groups is 1. The molecule has 0 radical (unpaired) electrons. The smallest absolute Gasteiger partial charge is 0.296 e. The molecule has 0 unspecified atom stereocenters. The van der Waals surface area contributed by atoms with Gasteiger partial charge in [0.05, 0.1) is 10.9 Å². The van der Waals surface area contributed by atoms with E-state index in [0.29, 0.717) is 19.8 Å². The summed E-state index contributed by atoms with van der Waals surface area (Å²) < 4.78 is 1.18. The minimum Gasteiger partial charge on any atom is -0.507 e. The van der Waals surface area contributed by atoms with E-state index in [0.717, 1.165) is 6.07 Å². The van der Waals surface area contributed by atoms with Gasteiger partial charge in [0.1, 0.15) is 5.75 Å². The van der Waals surface area contributed by atoms with E-state index in [9.17, 15) is 14.7 Å². The molecule has 16 heavy (non-hydrogen) atoms. The van der Waals surface area contributed by atoms with E-state index < -0.39 is 11.0 Å². The Labute approximate surface area is 106 Å². The fourth-order valence-electron chi connectivity index (χ4n) is 1.36. The second-order valence-electron chi connectivity index (χ2n) is 3.13. The first-order chi connectivity index (χ1) is 7.50. The molecule has 1 aromatic carbocycles. The van der Waals surface area contributed by atoms with E-state index in [2.05, 4.69) is 36.8 Å². The van der Waals surface area contributed by atoms with Gasteiger partial charge in [-0.05, 0) is 44.0 Å². The topological polar surface area (TPSA) is 70.2 Å². The van der Waals surface area contributed by atoms with Crippen molar-refractivity contribution in [1.82, 2.24) is 4.98 Å². The lowest BCUT2D eigenvalue weighted by molar-refractivity contribution is 0.481. The highest BCUT2D eigenvalue weighted by molar-refractivity contribution is 9.11. The van der Waals surface area contributed by atoms with Crippen molar-refractivity contribution in [2.45, 2.75) is 0 Å². The van der Waals surface area contributed by atoms with Crippen molar-refractivity contribution in [3.8, 4) is 5.75 Å². The van der Waals surface area contributed by atoms with Gasteiger partial charge in [0.25, 0.3) is 5.56 Å². The maximum atomic E-state index is 11.3. The Bertz CT molecular complexity index is 694. The second-order valence-corrected chi connectivity index (χ2v) is 4.84. The number of hydrogen-bond acceptors (Lipinski definition) is 3. The summed E-state index contributed by atoms with van der Waals surface area (Å²) in [6.45, 7) is 0. The first-order valence-electron chi connectivity index (χ1n) is 4.25. The summed E-state index contributed by atoms with van der Waals surface area (Å²) in [6, 6.07) is 4.31. The zero-order valence-electron chi connectivity index (χ0n) is 7.75. The summed E-state index contributed by atoms with van der Waals surface area (Å²) in [5.41, 5.74) is -1.18. The fourth-order valence-corrected chi connectivity index (χ4v) is 2.32. The molecule has 0 bridgehead atoms. The lowest BCUT2D eigenvalue weighted by Crippen LogP contribution is -2.22. The number of hydrogen-bond donors (Lipinski definition) is 2. The van der Waals surface area contributed by atoms with Crippen LogP contribution in [-0.2, 0) is 0 Å². The van der Waals surface area contributed by atoms with Crippen LogP contribution in [0.25, 0.3) is 10.9 Å². The van der Waals surface area contributed by atoms with Crippen LogP contribution in [0.3, 0.4) is 0 Å². The third-order valence-electron chi connectivity index (χ3n) is 2.09. The van der Waals surface area contributed by atoms with Gasteiger partial charge in [0, 0.05) is 15.0 Å². The summed E-state index contributed by atoms with van der Waals surface area (Å²) in [5, 5.41) is 10.1. The Kier molecular flexibility index (Phi) is 2.86. The average Bonchev–Trinajstić information content (AvgIpc) is 2.33. The molecule has 82 valence electrons. The molecule has 0 saturated carbocycles. The first-order valence-corrected chi connectivity index (χ1v) is 5.83. The van der Waals surface area contributed by atoms with Gasteiger partial charge in [-0.3, -0.25) is 9.59 Å². The van der Waals surface area contributed by atoms with Crippen LogP contribution in [0, 0.1) is 0 Å². The highest BCUT2D eigenvalue weighted by Crippen LogP contribution is 2.32. The number of fused-ring (bicyclic) bond motifs is 1. The Morgan fingerprint density at radius 3 is 2.44 bits per heavy atom. The van der Waals surface area contributed by atoms with Gasteiger partial charge >= 0.3 is 0 Å². The van der Waals surface area contributed by atoms with Crippen LogP contribution >= 0.6 is 31.9 Å². The Morgan fingerprint density at radius 2 is 1.75 bits per heavy atom. The third kappa shape index (κ3) is 1.78. The van der Waals surface area contributed by atoms with Gasteiger partial charge in [-0.1, -0.05) is 0 Å². The van der Waals surface area contributed by atoms with Crippen LogP contribution < -0.4 is 11.0 Å². The van der Waals surface area contributed by atoms with Gasteiger partial charge in [-0.25, -0.2) is 0 Å². The van der Waals surface area contributed by atoms with Crippen LogP contribution in [0.15, 0.2) is 36.7 Å². The third-order valence-corrected chi connectivity index (χ3v) is 3.41. The van der Waals surface area contributed by atoms with Crippen molar-refractivity contribution in [2.75, 3.05) is 0 Å². The minimum absolute atomic E-state index is 0.244. The molecule has 0 aliphatic carbocycles. The van der Waals surface area contributed by atoms with Crippen LogP contribution in [0.1, 0.15) is 0 Å². The number of aromatic nitrogens is 1. The fraction of sp³-hybridized carbons (Fsp3) is 0. The lowest BCUT2D eigenvalue weighted by atomic mass is 10.2. The van der Waals surface area contributed by atoms with Crippen molar-refractivity contribution in [3.63, 3.8) is 0 Å². The second kappa shape index (κ2) is 4.03. The largest absolute Gasteiger partial charge is 0.507 e. The van der Waals surface area contributed by atoms with Crippen LogP contribution in [-0.4, -0.2) is 10.1 Å². The summed E-state index contributed by atoms with van der Waals surface area (Å²) in [7, 11) is 0. The van der Waals surface area contributed by atoms with Crippen LogP contribution in [0.5, 0.6) is 5.75 Å². The lowest BCUT2D eigenvalue weighted by Gasteiger charge is -2.00. The van der Waals surface area contributed by atoms with Gasteiger partial charge in [0.15, 0.2) is 0 Å². The quantitative estimate of drug-likeness (QED) is 0.718. The molecule has 6 heteroatoms. The molecule has 2 aromatic rings. The molecule has 1 aromatic heterocycles. The number of nitrogens with one attached hydrogen (secondary N) is 1. The van der Waals surface area contributed by atoms with E-state index in [1.165, 1.54) is 0 Å². The maximum absolute atomic E-state index is 11.3. The summed E-state index contributed by atoms with van der Waals surface area (Å²) in [6.07, 6.45) is 0. The predicted octanol–water partition coefficient (Wildman–Crippen LogP) is 2.12. The van der Waals surface area contributed by atoms with Gasteiger partial charge in [-0.2, -0.15) is 0 Å². The number of H-pyrrole nitrogens is 1. The van der Waals surface area contributed by atoms with E-state index in [4.69, 9.17) is 0 Å². The highest BCUT2D eigenvalue weighted by Gasteiger charge is 2.08. The van der Waals surface area contributed by atoms with Crippen LogP contribution in [0.4, 0.5) is 0 Å². The molecular weight excluding hydrogens is 342 g/mol. The van der Waals surface area contributed by atoms with Crippen molar-refractivity contribution >= 4 is 42.8 Å².